The van der Waals surface area contributed by atoms with Crippen LogP contribution in [0.4, 0.5) is 0 Å². The minimum Gasteiger partial charge on any atom is -0.309 e. The summed E-state index contributed by atoms with van der Waals surface area (Å²) in [5.74, 6) is 0. The summed E-state index contributed by atoms with van der Waals surface area (Å²) in [5.41, 5.74) is 23.4. The predicted octanol–water partition coefficient (Wildman–Crippen LogP) is 33.1. The molecule has 23 aromatic carbocycles. The number of para-hydroxylation sites is 6. The Morgan fingerprint density at radius 2 is 0.382 bits per heavy atom. The van der Waals surface area contributed by atoms with Gasteiger partial charge in [0, 0.05) is 65.5 Å². The smallest absolute Gasteiger partial charge is 0.0619 e. The molecule has 0 fully saturated rings. The van der Waals surface area contributed by atoms with Crippen molar-refractivity contribution in [2.45, 2.75) is 0 Å². The highest BCUT2D eigenvalue weighted by Gasteiger charge is 2.24. The number of hydrogen-bond donors (Lipinski definition) is 0. The average Bonchev–Trinajstić information content (AvgIpc) is 1.57. The van der Waals surface area contributed by atoms with Gasteiger partial charge in [0.2, 0.25) is 0 Å². The summed E-state index contributed by atoms with van der Waals surface area (Å²) in [4.78, 5) is 0. The minimum absolute atomic E-state index is 1.18. The number of benzene rings is 23. The molecule has 0 unspecified atom stereocenters. The van der Waals surface area contributed by atoms with Crippen LogP contribution < -0.4 is 0 Å². The molecule has 0 spiro atoms. The van der Waals surface area contributed by atoms with Gasteiger partial charge in [0.15, 0.2) is 0 Å². The van der Waals surface area contributed by atoms with Crippen LogP contribution in [-0.2, 0) is 0 Å². The molecule has 0 saturated heterocycles. The molecule has 0 aliphatic rings. The van der Waals surface area contributed by atoms with Crippen LogP contribution in [0.15, 0.2) is 467 Å². The summed E-state index contributed by atoms with van der Waals surface area (Å²) >= 11 is 0. The molecule has 0 aliphatic carbocycles. The fourth-order valence-corrected chi connectivity index (χ4v) is 20.1. The second-order valence-corrected chi connectivity index (χ2v) is 32.5. The first-order chi connectivity index (χ1) is 61.0. The van der Waals surface area contributed by atoms with Crippen molar-refractivity contribution in [1.29, 1.82) is 0 Å². The highest BCUT2D eigenvalue weighted by Crippen LogP contribution is 2.48. The lowest BCUT2D eigenvalue weighted by molar-refractivity contribution is 1.19. The fraction of sp³-hybridized carbons (Fsp3) is 0. The van der Waals surface area contributed by atoms with Crippen LogP contribution in [0.2, 0.25) is 0 Å². The lowest BCUT2D eigenvalue weighted by Gasteiger charge is -2.15. The average molecular weight is 1560 g/mol. The lowest BCUT2D eigenvalue weighted by Crippen LogP contribution is -1.94. The highest BCUT2D eigenvalue weighted by molar-refractivity contribution is 6.27. The lowest BCUT2D eigenvalue weighted by atomic mass is 9.89. The summed E-state index contributed by atoms with van der Waals surface area (Å²) in [5, 5.41) is 30.7. The van der Waals surface area contributed by atoms with Crippen LogP contribution >= 0.6 is 0 Å². The normalized spacial score (nSPS) is 11.7. The molecule has 3 heterocycles. The van der Waals surface area contributed by atoms with E-state index in [1.807, 2.05) is 0 Å². The molecule has 0 aliphatic heterocycles. The van der Waals surface area contributed by atoms with Crippen molar-refractivity contribution in [1.82, 2.24) is 13.7 Å². The Kier molecular flexibility index (Phi) is 17.0. The number of hydrogen-bond acceptors (Lipinski definition) is 0. The molecular weight excluding hydrogens is 1480 g/mol. The topological polar surface area (TPSA) is 14.8 Å². The summed E-state index contributed by atoms with van der Waals surface area (Å²) < 4.78 is 7.27. The van der Waals surface area contributed by atoms with E-state index in [0.717, 1.165) is 0 Å². The second-order valence-electron chi connectivity index (χ2n) is 32.5. The third-order valence-electron chi connectivity index (χ3n) is 25.6. The van der Waals surface area contributed by atoms with Crippen molar-refractivity contribution in [3.8, 4) is 72.7 Å². The Hall–Kier alpha value is -16.2. The van der Waals surface area contributed by atoms with Crippen molar-refractivity contribution in [2.24, 2.45) is 0 Å². The third kappa shape index (κ3) is 11.9. The van der Waals surface area contributed by atoms with Crippen molar-refractivity contribution in [3.63, 3.8) is 0 Å². The van der Waals surface area contributed by atoms with Crippen LogP contribution in [0.25, 0.3) is 235 Å². The molecule has 0 radical (unpaired) electrons. The zero-order valence-corrected chi connectivity index (χ0v) is 67.3. The standard InChI is InChI=1S/2C42H27N.C36H23N/c1-2-14-33(15-3-1)43-41-20-9-8-18-36(41)40-27-39(35-17-6-7-19-37(35)42(40)43)32-13-10-12-30(25-32)31-24-23-29-22-21-28-11-4-5-16-34(28)38(29)26-31;1-2-14-33(15-3-1)43-41-20-9-8-18-37(41)40-27-39(36-17-6-7-19-38(36)42(40)43)31-13-10-12-29(25-31)30-23-24-35-32(26-30)22-21-28-11-4-5-16-34(28)35;1-2-13-25(14-3-1)37-35-21-11-10-19-30(35)34-23-33(29-18-8-9-20-31(29)36(34)37)32-22-24-12-4-5-15-26(24)27-16-6-7-17-28(27)32/h2*1-27H;1-23H. The van der Waals surface area contributed by atoms with Crippen molar-refractivity contribution >= 4 is 162 Å². The van der Waals surface area contributed by atoms with Gasteiger partial charge in [-0.05, 0) is 240 Å². The van der Waals surface area contributed by atoms with Gasteiger partial charge in [-0.1, -0.05) is 364 Å². The molecule has 3 nitrogen and oxygen atoms in total. The molecule has 0 amide bonds. The largest absolute Gasteiger partial charge is 0.309 e. The number of nitrogens with zero attached hydrogens (tertiary/aromatic N) is 3. The molecule has 26 rings (SSSR count). The van der Waals surface area contributed by atoms with Gasteiger partial charge in [0.25, 0.3) is 0 Å². The van der Waals surface area contributed by atoms with Gasteiger partial charge in [-0.3, -0.25) is 0 Å². The molecule has 0 atom stereocenters. The molecule has 3 aromatic heterocycles. The maximum atomic E-state index is 2.43. The monoisotopic (exact) mass is 1560 g/mol. The van der Waals surface area contributed by atoms with Crippen LogP contribution in [0.3, 0.4) is 0 Å². The van der Waals surface area contributed by atoms with E-state index in [0.29, 0.717) is 0 Å². The predicted molar refractivity (Wildman–Crippen MR) is 527 cm³/mol. The first-order valence-corrected chi connectivity index (χ1v) is 42.5. The third-order valence-corrected chi connectivity index (χ3v) is 25.6. The van der Waals surface area contributed by atoms with Crippen LogP contribution in [0.5, 0.6) is 0 Å². The van der Waals surface area contributed by atoms with E-state index in [4.69, 9.17) is 0 Å². The summed E-state index contributed by atoms with van der Waals surface area (Å²) in [6, 6.07) is 170. The highest BCUT2D eigenvalue weighted by atomic mass is 15.0. The SMILES string of the molecule is c1ccc(-n2c3ccccc3c3cc(-c4cc5ccccc5c5ccccc45)c4ccccc4c32)cc1.c1ccc(-n2c3ccccc3c3cc(-c4cccc(-c5ccc6c(ccc7ccccc76)c5)c4)c4ccccc4c32)cc1.c1ccc(-n2c3ccccc3c3cc(-c4cccc(-c5ccc6ccc7ccccc7c6c5)c4)c4ccccc4c32)cc1. The number of fused-ring (bicyclic) bond motifs is 24. The van der Waals surface area contributed by atoms with Gasteiger partial charge < -0.3 is 13.7 Å². The Morgan fingerprint density at radius 1 is 0.114 bits per heavy atom. The van der Waals surface area contributed by atoms with E-state index >= 15 is 0 Å². The molecule has 0 N–H and O–H groups in total. The van der Waals surface area contributed by atoms with Crippen molar-refractivity contribution in [3.05, 3.63) is 467 Å². The Morgan fingerprint density at radius 3 is 0.837 bits per heavy atom. The van der Waals surface area contributed by atoms with E-state index in [-0.39, 0.29) is 0 Å². The fourth-order valence-electron chi connectivity index (χ4n) is 20.1. The van der Waals surface area contributed by atoms with Crippen molar-refractivity contribution in [2.75, 3.05) is 0 Å². The summed E-state index contributed by atoms with van der Waals surface area (Å²) in [7, 11) is 0. The maximum absolute atomic E-state index is 2.43. The minimum atomic E-state index is 1.18. The van der Waals surface area contributed by atoms with Crippen LogP contribution in [0, 0.1) is 0 Å². The van der Waals surface area contributed by atoms with E-state index in [2.05, 4.69) is 481 Å². The maximum Gasteiger partial charge on any atom is 0.0619 e. The summed E-state index contributed by atoms with van der Waals surface area (Å²) in [6.45, 7) is 0. The van der Waals surface area contributed by atoms with E-state index in [9.17, 15) is 0 Å². The molecule has 0 saturated carbocycles. The molecule has 3 heteroatoms. The first kappa shape index (κ1) is 71.0. The second kappa shape index (κ2) is 29.4. The van der Waals surface area contributed by atoms with Crippen LogP contribution in [-0.4, -0.2) is 13.7 Å². The van der Waals surface area contributed by atoms with Gasteiger partial charge in [-0.2, -0.15) is 0 Å². The van der Waals surface area contributed by atoms with Gasteiger partial charge in [-0.15, -0.1) is 0 Å². The first-order valence-electron chi connectivity index (χ1n) is 42.5. The summed E-state index contributed by atoms with van der Waals surface area (Å²) in [6.07, 6.45) is 0. The zero-order chi connectivity index (χ0) is 81.0. The van der Waals surface area contributed by atoms with E-state index in [1.54, 1.807) is 0 Å². The Balaban J connectivity index is 0.000000104. The van der Waals surface area contributed by atoms with E-state index < -0.39 is 0 Å². The zero-order valence-electron chi connectivity index (χ0n) is 67.3. The number of rotatable bonds is 8. The molecular formula is C120H77N3. The van der Waals surface area contributed by atoms with Gasteiger partial charge in [0.05, 0.1) is 33.1 Å². The van der Waals surface area contributed by atoms with Gasteiger partial charge in [0.1, 0.15) is 0 Å². The Bertz CT molecular complexity index is 8750. The number of aromatic nitrogens is 3. The van der Waals surface area contributed by atoms with E-state index in [1.165, 1.54) is 235 Å². The van der Waals surface area contributed by atoms with Crippen LogP contribution in [0.1, 0.15) is 0 Å². The molecule has 0 bridgehead atoms. The Labute approximate surface area is 710 Å². The molecule has 123 heavy (non-hydrogen) atoms. The molecule has 26 aromatic rings. The van der Waals surface area contributed by atoms with Gasteiger partial charge >= 0.3 is 0 Å². The van der Waals surface area contributed by atoms with Gasteiger partial charge in [-0.25, -0.2) is 0 Å². The molecule has 572 valence electrons. The van der Waals surface area contributed by atoms with Crippen molar-refractivity contribution < 1.29 is 0 Å². The quantitative estimate of drug-likeness (QED) is 0.135.